The number of carbonyl (C=O) groups excluding carboxylic acids is 2. The van der Waals surface area contributed by atoms with Crippen molar-refractivity contribution in [3.63, 3.8) is 0 Å². The van der Waals surface area contributed by atoms with Crippen molar-refractivity contribution < 1.29 is 14.0 Å². The van der Waals surface area contributed by atoms with Crippen LogP contribution in [0.15, 0.2) is 21.9 Å². The third-order valence-electron chi connectivity index (χ3n) is 3.14. The van der Waals surface area contributed by atoms with E-state index in [2.05, 4.69) is 4.98 Å². The molecule has 1 aliphatic heterocycles. The van der Waals surface area contributed by atoms with Crippen LogP contribution in [0.4, 0.5) is 0 Å². The maximum atomic E-state index is 12.1. The van der Waals surface area contributed by atoms with Gasteiger partial charge in [-0.3, -0.25) is 9.59 Å². The molecule has 0 N–H and O–H groups in total. The van der Waals surface area contributed by atoms with Crippen molar-refractivity contribution in [3.8, 4) is 0 Å². The molecule has 98 valence electrons. The minimum Gasteiger partial charge on any atom is -0.439 e. The molecule has 4 nitrogen and oxygen atoms in total. The number of ketones is 2. The number of allylic oxidation sites excluding steroid dienone is 3. The third-order valence-corrected chi connectivity index (χ3v) is 4.07. The van der Waals surface area contributed by atoms with E-state index < -0.39 is 11.6 Å². The Morgan fingerprint density at radius 1 is 1.21 bits per heavy atom. The van der Waals surface area contributed by atoms with Gasteiger partial charge < -0.3 is 4.42 Å². The number of nitrogens with zero attached hydrogens (tertiary/aromatic N) is 1. The summed E-state index contributed by atoms with van der Waals surface area (Å²) in [4.78, 5) is 28.4. The quantitative estimate of drug-likeness (QED) is 0.539. The second-order valence-electron chi connectivity index (χ2n) is 5.69. The van der Waals surface area contributed by atoms with Crippen LogP contribution >= 0.6 is 8.58 Å². The van der Waals surface area contributed by atoms with E-state index in [0.717, 1.165) is 11.7 Å². The maximum absolute atomic E-state index is 12.1. The minimum atomic E-state index is -0.552. The predicted molar refractivity (Wildman–Crippen MR) is 73.8 cm³/mol. The molecular formula is C14H14NO3P. The molecule has 0 saturated heterocycles. The number of carbonyl (C=O) groups is 2. The average Bonchev–Trinajstić information content (AvgIpc) is 2.81. The first-order valence-corrected chi connectivity index (χ1v) is 7.43. The standard InChI is InChI=1S/C14H14NO3P/c1-14(2,3)13-15-9-11(17)10(16)8-6-19-5-4-7(8)12(9)18-13/h4,6,19H,5H2,1-3H3. The second-order valence-corrected chi connectivity index (χ2v) is 6.79. The van der Waals surface area contributed by atoms with E-state index in [1.807, 2.05) is 32.7 Å². The maximum Gasteiger partial charge on any atom is 0.255 e. The highest BCUT2D eigenvalue weighted by Crippen LogP contribution is 2.40. The summed E-state index contributed by atoms with van der Waals surface area (Å²) in [5.41, 5.74) is 1.10. The molecule has 1 aromatic heterocycles. The van der Waals surface area contributed by atoms with E-state index in [0.29, 0.717) is 25.8 Å². The fourth-order valence-corrected chi connectivity index (χ4v) is 3.05. The van der Waals surface area contributed by atoms with E-state index in [4.69, 9.17) is 4.42 Å². The van der Waals surface area contributed by atoms with Gasteiger partial charge in [0.05, 0.1) is 0 Å². The summed E-state index contributed by atoms with van der Waals surface area (Å²) in [5.74, 6) is 1.79. The SMILES string of the molecule is CC(C)(C)c1nc2c(o1)C1=CCPC=C1C(=O)C2=O. The molecule has 0 fully saturated rings. The van der Waals surface area contributed by atoms with Crippen LogP contribution in [0.25, 0.3) is 5.57 Å². The van der Waals surface area contributed by atoms with Crippen molar-refractivity contribution in [2.24, 2.45) is 0 Å². The van der Waals surface area contributed by atoms with Crippen LogP contribution in [0.5, 0.6) is 0 Å². The molecule has 0 aromatic carbocycles. The number of hydrogen-bond acceptors (Lipinski definition) is 4. The van der Waals surface area contributed by atoms with Gasteiger partial charge in [0.15, 0.2) is 11.5 Å². The van der Waals surface area contributed by atoms with E-state index in [1.54, 1.807) is 0 Å². The summed E-state index contributed by atoms with van der Waals surface area (Å²) >= 11 is 0. The number of hydrogen-bond donors (Lipinski definition) is 0. The number of fused-ring (bicyclic) bond motifs is 3. The van der Waals surface area contributed by atoms with Gasteiger partial charge in [0, 0.05) is 16.6 Å². The highest BCUT2D eigenvalue weighted by molar-refractivity contribution is 7.42. The van der Waals surface area contributed by atoms with Crippen molar-refractivity contribution >= 4 is 25.7 Å². The van der Waals surface area contributed by atoms with Crippen LogP contribution in [0.1, 0.15) is 42.9 Å². The molecule has 5 heteroatoms. The molecule has 0 saturated carbocycles. The minimum absolute atomic E-state index is 0.170. The Hall–Kier alpha value is -1.54. The summed E-state index contributed by atoms with van der Waals surface area (Å²) in [6.45, 7) is 5.89. The fraction of sp³-hybridized carbons (Fsp3) is 0.357. The van der Waals surface area contributed by atoms with Crippen LogP contribution < -0.4 is 0 Å². The highest BCUT2D eigenvalue weighted by atomic mass is 31.1. The van der Waals surface area contributed by atoms with Crippen molar-refractivity contribution in [2.75, 3.05) is 6.16 Å². The van der Waals surface area contributed by atoms with E-state index in [9.17, 15) is 9.59 Å². The molecule has 2 aliphatic rings. The molecule has 0 radical (unpaired) electrons. The van der Waals surface area contributed by atoms with Crippen LogP contribution in [0, 0.1) is 0 Å². The zero-order valence-electron chi connectivity index (χ0n) is 11.0. The lowest BCUT2D eigenvalue weighted by Crippen LogP contribution is -2.24. The topological polar surface area (TPSA) is 60.2 Å². The zero-order valence-corrected chi connectivity index (χ0v) is 12.0. The second kappa shape index (κ2) is 3.97. The van der Waals surface area contributed by atoms with Crippen molar-refractivity contribution in [1.82, 2.24) is 4.98 Å². The van der Waals surface area contributed by atoms with E-state index in [-0.39, 0.29) is 11.1 Å². The molecule has 0 spiro atoms. The van der Waals surface area contributed by atoms with E-state index in [1.165, 1.54) is 0 Å². The Labute approximate surface area is 112 Å². The molecular weight excluding hydrogens is 261 g/mol. The highest BCUT2D eigenvalue weighted by Gasteiger charge is 2.39. The van der Waals surface area contributed by atoms with Crippen molar-refractivity contribution in [1.29, 1.82) is 0 Å². The van der Waals surface area contributed by atoms with Gasteiger partial charge in [-0.05, 0) is 6.16 Å². The van der Waals surface area contributed by atoms with Gasteiger partial charge in [0.1, 0.15) is 0 Å². The summed E-state index contributed by atoms with van der Waals surface area (Å²) in [6.07, 6.45) is 2.85. The Balaban J connectivity index is 2.24. The molecule has 0 bridgehead atoms. The summed E-state index contributed by atoms with van der Waals surface area (Å²) in [5, 5.41) is 0. The molecule has 0 amide bonds. The lowest BCUT2D eigenvalue weighted by molar-refractivity contribution is -0.111. The monoisotopic (exact) mass is 275 g/mol. The van der Waals surface area contributed by atoms with Crippen LogP contribution in [-0.2, 0) is 10.2 Å². The van der Waals surface area contributed by atoms with Gasteiger partial charge in [0.2, 0.25) is 11.7 Å². The van der Waals surface area contributed by atoms with Crippen LogP contribution in [0.2, 0.25) is 0 Å². The van der Waals surface area contributed by atoms with Crippen molar-refractivity contribution in [2.45, 2.75) is 26.2 Å². The molecule has 1 unspecified atom stereocenters. The first kappa shape index (κ1) is 12.5. The smallest absolute Gasteiger partial charge is 0.255 e. The lowest BCUT2D eigenvalue weighted by atomic mass is 9.89. The fourth-order valence-electron chi connectivity index (χ4n) is 2.12. The third kappa shape index (κ3) is 1.82. The summed E-state index contributed by atoms with van der Waals surface area (Å²) < 4.78 is 5.77. The number of aromatic nitrogens is 1. The molecule has 1 atom stereocenters. The molecule has 1 aromatic rings. The molecule has 2 heterocycles. The number of Topliss-reactive ketones (excluding diaryl/α,β-unsaturated/α-hetero) is 2. The van der Waals surface area contributed by atoms with Gasteiger partial charge in [-0.15, -0.1) is 0 Å². The average molecular weight is 275 g/mol. The summed E-state index contributed by atoms with van der Waals surface area (Å²) in [6, 6.07) is 0. The first-order valence-electron chi connectivity index (χ1n) is 6.14. The Morgan fingerprint density at radius 2 is 1.95 bits per heavy atom. The number of oxazole rings is 1. The molecule has 1 aliphatic carbocycles. The van der Waals surface area contributed by atoms with Crippen LogP contribution in [0.3, 0.4) is 0 Å². The van der Waals surface area contributed by atoms with Gasteiger partial charge >= 0.3 is 0 Å². The molecule has 3 rings (SSSR count). The normalized spacial score (nSPS) is 19.9. The first-order chi connectivity index (χ1) is 8.89. The van der Waals surface area contributed by atoms with Gasteiger partial charge in [-0.2, -0.15) is 0 Å². The van der Waals surface area contributed by atoms with Gasteiger partial charge in [0.25, 0.3) is 5.78 Å². The Kier molecular flexibility index (Phi) is 2.61. The number of rotatable bonds is 0. The summed E-state index contributed by atoms with van der Waals surface area (Å²) in [7, 11) is 0.547. The van der Waals surface area contributed by atoms with Gasteiger partial charge in [-0.1, -0.05) is 41.2 Å². The van der Waals surface area contributed by atoms with Crippen molar-refractivity contribution in [3.05, 3.63) is 34.8 Å². The molecule has 19 heavy (non-hydrogen) atoms. The predicted octanol–water partition coefficient (Wildman–Crippen LogP) is 2.70. The van der Waals surface area contributed by atoms with Gasteiger partial charge in [-0.25, -0.2) is 4.98 Å². The zero-order chi connectivity index (χ0) is 13.8. The largest absolute Gasteiger partial charge is 0.439 e. The lowest BCUT2D eigenvalue weighted by Gasteiger charge is -2.17. The Morgan fingerprint density at radius 3 is 2.63 bits per heavy atom. The van der Waals surface area contributed by atoms with Crippen LogP contribution in [-0.4, -0.2) is 22.7 Å². The van der Waals surface area contributed by atoms with E-state index >= 15 is 0 Å². The Bertz CT molecular complexity index is 659.